The van der Waals surface area contributed by atoms with E-state index < -0.39 is 0 Å². The summed E-state index contributed by atoms with van der Waals surface area (Å²) in [6.45, 7) is 8.73. The third-order valence-electron chi connectivity index (χ3n) is 4.32. The van der Waals surface area contributed by atoms with Gasteiger partial charge in [0.2, 0.25) is 0 Å². The zero-order valence-corrected chi connectivity index (χ0v) is 18.7. The molecule has 0 aliphatic heterocycles. The van der Waals surface area contributed by atoms with Crippen LogP contribution in [0.5, 0.6) is 0 Å². The summed E-state index contributed by atoms with van der Waals surface area (Å²) in [5.74, 6) is 0.958. The first-order valence-electron chi connectivity index (χ1n) is 9.69. The van der Waals surface area contributed by atoms with Gasteiger partial charge in [-0.1, -0.05) is 47.1 Å². The van der Waals surface area contributed by atoms with Crippen molar-refractivity contribution in [2.75, 3.05) is 19.8 Å². The highest BCUT2D eigenvalue weighted by atomic mass is 32.2. The lowest BCUT2D eigenvalue weighted by Gasteiger charge is -2.13. The molecule has 0 aliphatic carbocycles. The molecule has 0 atom stereocenters. The SMILES string of the molecule is CC(C)=CCCC(C)=CCC/C(C)=C/CSc1ccccc1C(=O)N(C)C. The van der Waals surface area contributed by atoms with E-state index in [4.69, 9.17) is 0 Å². The number of thioether (sulfide) groups is 1. The molecule has 0 saturated heterocycles. The minimum Gasteiger partial charge on any atom is -0.345 e. The lowest BCUT2D eigenvalue weighted by atomic mass is 10.1. The van der Waals surface area contributed by atoms with Crippen LogP contribution in [0.4, 0.5) is 0 Å². The number of benzene rings is 1. The van der Waals surface area contributed by atoms with Crippen LogP contribution in [0.25, 0.3) is 0 Å². The van der Waals surface area contributed by atoms with Crippen molar-refractivity contribution in [3.8, 4) is 0 Å². The third kappa shape index (κ3) is 9.67. The summed E-state index contributed by atoms with van der Waals surface area (Å²) >= 11 is 1.73. The van der Waals surface area contributed by atoms with Crippen molar-refractivity contribution in [1.29, 1.82) is 0 Å². The maximum Gasteiger partial charge on any atom is 0.254 e. The molecular formula is C24H35NOS. The predicted molar refractivity (Wildman–Crippen MR) is 121 cm³/mol. The molecule has 0 heterocycles. The van der Waals surface area contributed by atoms with Gasteiger partial charge in [0, 0.05) is 24.7 Å². The van der Waals surface area contributed by atoms with Gasteiger partial charge in [0.15, 0.2) is 0 Å². The number of carbonyl (C=O) groups is 1. The molecular weight excluding hydrogens is 350 g/mol. The zero-order valence-electron chi connectivity index (χ0n) is 17.8. The molecule has 1 rings (SSSR count). The van der Waals surface area contributed by atoms with Gasteiger partial charge in [-0.15, -0.1) is 11.8 Å². The summed E-state index contributed by atoms with van der Waals surface area (Å²) in [6, 6.07) is 7.86. The molecule has 0 aromatic heterocycles. The van der Waals surface area contributed by atoms with Gasteiger partial charge >= 0.3 is 0 Å². The molecule has 0 N–H and O–H groups in total. The highest BCUT2D eigenvalue weighted by Gasteiger charge is 2.12. The van der Waals surface area contributed by atoms with E-state index in [1.807, 2.05) is 24.3 Å². The Bertz CT molecular complexity index is 694. The molecule has 2 nitrogen and oxygen atoms in total. The quantitative estimate of drug-likeness (QED) is 0.322. The summed E-state index contributed by atoms with van der Waals surface area (Å²) in [4.78, 5) is 14.9. The summed E-state index contributed by atoms with van der Waals surface area (Å²) in [6.07, 6.45) is 11.4. The van der Waals surface area contributed by atoms with Crippen LogP contribution in [-0.2, 0) is 0 Å². The Morgan fingerprint density at radius 1 is 0.926 bits per heavy atom. The first kappa shape index (κ1) is 23.3. The molecule has 0 bridgehead atoms. The Balaban J connectivity index is 2.48. The zero-order chi connectivity index (χ0) is 20.2. The van der Waals surface area contributed by atoms with Gasteiger partial charge in [-0.2, -0.15) is 0 Å². The van der Waals surface area contributed by atoms with E-state index in [0.717, 1.165) is 41.9 Å². The van der Waals surface area contributed by atoms with Crippen LogP contribution in [0.2, 0.25) is 0 Å². The second-order valence-electron chi connectivity index (χ2n) is 7.47. The first-order valence-corrected chi connectivity index (χ1v) is 10.7. The molecule has 1 aromatic carbocycles. The number of hydrogen-bond acceptors (Lipinski definition) is 2. The summed E-state index contributed by atoms with van der Waals surface area (Å²) in [7, 11) is 3.59. The van der Waals surface area contributed by atoms with Gasteiger partial charge in [0.05, 0.1) is 5.56 Å². The summed E-state index contributed by atoms with van der Waals surface area (Å²) in [5, 5.41) is 0. The van der Waals surface area contributed by atoms with Gasteiger partial charge in [-0.25, -0.2) is 0 Å². The third-order valence-corrected chi connectivity index (χ3v) is 5.32. The van der Waals surface area contributed by atoms with Crippen LogP contribution in [0.3, 0.4) is 0 Å². The van der Waals surface area contributed by atoms with Crippen LogP contribution in [0.15, 0.2) is 64.1 Å². The number of nitrogens with zero attached hydrogens (tertiary/aromatic N) is 1. The summed E-state index contributed by atoms with van der Waals surface area (Å²) in [5.41, 5.74) is 5.07. The Labute approximate surface area is 170 Å². The highest BCUT2D eigenvalue weighted by molar-refractivity contribution is 7.99. The number of carbonyl (C=O) groups excluding carboxylic acids is 1. The molecule has 0 unspecified atom stereocenters. The van der Waals surface area contributed by atoms with Crippen molar-refractivity contribution in [2.24, 2.45) is 0 Å². The molecule has 0 spiro atoms. The Morgan fingerprint density at radius 2 is 1.52 bits per heavy atom. The largest absolute Gasteiger partial charge is 0.345 e. The molecule has 0 radical (unpaired) electrons. The smallest absolute Gasteiger partial charge is 0.254 e. The topological polar surface area (TPSA) is 20.3 Å². The van der Waals surface area contributed by atoms with Crippen molar-refractivity contribution in [3.63, 3.8) is 0 Å². The molecule has 0 fully saturated rings. The Hall–Kier alpha value is -1.74. The molecule has 0 saturated carbocycles. The number of hydrogen-bond donors (Lipinski definition) is 0. The Morgan fingerprint density at radius 3 is 2.15 bits per heavy atom. The molecule has 1 amide bonds. The van der Waals surface area contributed by atoms with E-state index in [9.17, 15) is 4.79 Å². The van der Waals surface area contributed by atoms with E-state index in [-0.39, 0.29) is 5.91 Å². The lowest BCUT2D eigenvalue weighted by molar-refractivity contribution is 0.0824. The molecule has 1 aromatic rings. The maximum absolute atomic E-state index is 12.3. The van der Waals surface area contributed by atoms with Crippen molar-refractivity contribution in [3.05, 3.63) is 64.8 Å². The van der Waals surface area contributed by atoms with E-state index in [1.54, 1.807) is 30.8 Å². The van der Waals surface area contributed by atoms with E-state index in [2.05, 4.69) is 45.9 Å². The van der Waals surface area contributed by atoms with Gasteiger partial charge < -0.3 is 4.90 Å². The standard InChI is InChI=1S/C24H35NOS/c1-19(2)11-9-12-20(3)13-10-14-21(4)17-18-27-23-16-8-7-15-22(23)24(26)25(5)6/h7-8,11,13,15-17H,9-10,12,14,18H2,1-6H3/b20-13?,21-17+. The first-order chi connectivity index (χ1) is 12.8. The van der Waals surface area contributed by atoms with Crippen LogP contribution >= 0.6 is 11.8 Å². The fraction of sp³-hybridized carbons (Fsp3) is 0.458. The highest BCUT2D eigenvalue weighted by Crippen LogP contribution is 2.24. The second kappa shape index (κ2) is 12.6. The van der Waals surface area contributed by atoms with Crippen LogP contribution in [0, 0.1) is 0 Å². The summed E-state index contributed by atoms with van der Waals surface area (Å²) < 4.78 is 0. The molecule has 0 aliphatic rings. The van der Waals surface area contributed by atoms with Crippen molar-refractivity contribution in [2.45, 2.75) is 58.3 Å². The normalized spacial score (nSPS) is 12.1. The predicted octanol–water partition coefficient (Wildman–Crippen LogP) is 6.90. The van der Waals surface area contributed by atoms with E-state index >= 15 is 0 Å². The Kier molecular flexibility index (Phi) is 10.9. The molecule has 3 heteroatoms. The average Bonchev–Trinajstić information content (AvgIpc) is 2.61. The van der Waals surface area contributed by atoms with Gasteiger partial charge in [-0.05, 0) is 65.5 Å². The number of amides is 1. The fourth-order valence-corrected chi connectivity index (χ4v) is 3.66. The minimum absolute atomic E-state index is 0.0625. The van der Waals surface area contributed by atoms with Gasteiger partial charge in [0.1, 0.15) is 0 Å². The monoisotopic (exact) mass is 385 g/mol. The minimum atomic E-state index is 0.0625. The molecule has 148 valence electrons. The fourth-order valence-electron chi connectivity index (χ4n) is 2.62. The van der Waals surface area contributed by atoms with Crippen LogP contribution < -0.4 is 0 Å². The van der Waals surface area contributed by atoms with E-state index in [0.29, 0.717) is 0 Å². The number of rotatable bonds is 10. The molecule has 27 heavy (non-hydrogen) atoms. The van der Waals surface area contributed by atoms with Gasteiger partial charge in [0.25, 0.3) is 5.91 Å². The van der Waals surface area contributed by atoms with Crippen LogP contribution in [-0.4, -0.2) is 30.7 Å². The number of allylic oxidation sites excluding steroid dienone is 5. The lowest BCUT2D eigenvalue weighted by Crippen LogP contribution is -2.22. The van der Waals surface area contributed by atoms with Crippen molar-refractivity contribution in [1.82, 2.24) is 4.90 Å². The van der Waals surface area contributed by atoms with Crippen molar-refractivity contribution < 1.29 is 4.79 Å². The van der Waals surface area contributed by atoms with Crippen LogP contribution in [0.1, 0.15) is 63.7 Å². The second-order valence-corrected chi connectivity index (χ2v) is 8.53. The van der Waals surface area contributed by atoms with Gasteiger partial charge in [-0.3, -0.25) is 4.79 Å². The average molecular weight is 386 g/mol. The maximum atomic E-state index is 12.3. The van der Waals surface area contributed by atoms with Crippen molar-refractivity contribution >= 4 is 17.7 Å². The van der Waals surface area contributed by atoms with E-state index in [1.165, 1.54) is 16.7 Å².